The van der Waals surface area contributed by atoms with Crippen LogP contribution in [-0.2, 0) is 4.79 Å². The van der Waals surface area contributed by atoms with E-state index in [0.717, 1.165) is 10.5 Å². The summed E-state index contributed by atoms with van der Waals surface area (Å²) >= 11 is 0. The molecule has 28 heavy (non-hydrogen) atoms. The first-order valence-corrected chi connectivity index (χ1v) is 8.66. The van der Waals surface area contributed by atoms with Crippen LogP contribution in [0, 0.1) is 0 Å². The topological polar surface area (TPSA) is 63.7 Å². The maximum Gasteiger partial charge on any atom is 0.336 e. The van der Waals surface area contributed by atoms with Crippen molar-refractivity contribution in [1.82, 2.24) is 0 Å². The number of benzene rings is 3. The van der Waals surface area contributed by atoms with E-state index in [1.807, 2.05) is 30.3 Å². The number of anilines is 1. The Morgan fingerprint density at radius 2 is 1.43 bits per heavy atom. The van der Waals surface area contributed by atoms with Crippen LogP contribution in [0.25, 0.3) is 6.08 Å². The van der Waals surface area contributed by atoms with Crippen LogP contribution >= 0.6 is 0 Å². The Morgan fingerprint density at radius 1 is 0.786 bits per heavy atom. The van der Waals surface area contributed by atoms with E-state index in [1.54, 1.807) is 48.5 Å². The molecule has 1 heterocycles. The van der Waals surface area contributed by atoms with Gasteiger partial charge in [-0.05, 0) is 35.9 Å². The molecule has 0 atom stereocenters. The quantitative estimate of drug-likeness (QED) is 0.301. The fourth-order valence-corrected chi connectivity index (χ4v) is 2.99. The van der Waals surface area contributed by atoms with Crippen molar-refractivity contribution in [2.75, 3.05) is 4.90 Å². The maximum absolute atomic E-state index is 12.6. The highest BCUT2D eigenvalue weighted by molar-refractivity contribution is 6.34. The van der Waals surface area contributed by atoms with Gasteiger partial charge in [-0.2, -0.15) is 0 Å². The lowest BCUT2D eigenvalue weighted by atomic mass is 10.1. The van der Waals surface area contributed by atoms with E-state index in [2.05, 4.69) is 0 Å². The molecule has 4 rings (SSSR count). The molecule has 0 radical (unpaired) electrons. The fraction of sp³-hybridized carbons (Fsp3) is 0. The smallest absolute Gasteiger partial charge is 0.336 e. The first-order valence-electron chi connectivity index (χ1n) is 8.66. The maximum atomic E-state index is 12.6. The molecule has 0 aromatic heterocycles. The summed E-state index contributed by atoms with van der Waals surface area (Å²) in [6, 6.07) is 22.4. The van der Waals surface area contributed by atoms with Crippen LogP contribution in [0.15, 0.2) is 84.9 Å². The first-order chi connectivity index (χ1) is 13.6. The van der Waals surface area contributed by atoms with Crippen molar-refractivity contribution in [3.63, 3.8) is 0 Å². The van der Waals surface area contributed by atoms with Gasteiger partial charge < -0.3 is 4.74 Å². The minimum absolute atomic E-state index is 0.247. The van der Waals surface area contributed by atoms with Gasteiger partial charge in [-0.25, -0.2) is 9.69 Å². The molecule has 0 unspecified atom stereocenters. The van der Waals surface area contributed by atoms with Gasteiger partial charge in [0.1, 0.15) is 5.75 Å². The van der Waals surface area contributed by atoms with Crippen LogP contribution in [-0.4, -0.2) is 17.8 Å². The Kier molecular flexibility index (Phi) is 4.56. The zero-order chi connectivity index (χ0) is 19.5. The van der Waals surface area contributed by atoms with Gasteiger partial charge in [0, 0.05) is 12.1 Å². The van der Waals surface area contributed by atoms with Gasteiger partial charge in [-0.3, -0.25) is 9.59 Å². The van der Waals surface area contributed by atoms with Crippen molar-refractivity contribution in [3.05, 3.63) is 102 Å². The molecule has 0 N–H and O–H groups in total. The average Bonchev–Trinajstić information content (AvgIpc) is 2.98. The van der Waals surface area contributed by atoms with Crippen molar-refractivity contribution in [2.45, 2.75) is 0 Å². The summed E-state index contributed by atoms with van der Waals surface area (Å²) in [6.45, 7) is 0. The average molecular weight is 369 g/mol. The number of fused-ring (bicyclic) bond motifs is 1. The molecule has 0 saturated carbocycles. The third-order valence-corrected chi connectivity index (χ3v) is 4.30. The van der Waals surface area contributed by atoms with Gasteiger partial charge in [-0.15, -0.1) is 0 Å². The SMILES string of the molecule is O=C(/C=C/c1ccccc1)Oc1cccc(N2C(=O)c3ccccc3C2=O)c1. The Hall–Kier alpha value is -3.99. The fourth-order valence-electron chi connectivity index (χ4n) is 2.99. The molecular formula is C23H15NO4. The molecule has 3 aromatic rings. The van der Waals surface area contributed by atoms with Gasteiger partial charge in [0.05, 0.1) is 16.8 Å². The number of carbonyl (C=O) groups excluding carboxylic acids is 3. The molecule has 0 spiro atoms. The van der Waals surface area contributed by atoms with E-state index in [4.69, 9.17) is 4.74 Å². The number of hydrogen-bond donors (Lipinski definition) is 0. The van der Waals surface area contributed by atoms with E-state index in [9.17, 15) is 14.4 Å². The number of rotatable bonds is 4. The molecule has 1 aliphatic rings. The number of amides is 2. The number of hydrogen-bond acceptors (Lipinski definition) is 4. The molecule has 2 amide bonds. The highest BCUT2D eigenvalue weighted by atomic mass is 16.5. The zero-order valence-electron chi connectivity index (χ0n) is 14.7. The lowest BCUT2D eigenvalue weighted by molar-refractivity contribution is -0.128. The van der Waals surface area contributed by atoms with E-state index in [1.165, 1.54) is 12.1 Å². The van der Waals surface area contributed by atoms with Crippen molar-refractivity contribution >= 4 is 29.5 Å². The summed E-state index contributed by atoms with van der Waals surface area (Å²) in [7, 11) is 0. The minimum Gasteiger partial charge on any atom is -0.423 e. The Labute approximate surface area is 161 Å². The summed E-state index contributed by atoms with van der Waals surface area (Å²) in [5, 5.41) is 0. The van der Waals surface area contributed by atoms with Crippen LogP contribution in [0.1, 0.15) is 26.3 Å². The Bertz CT molecular complexity index is 1070. The summed E-state index contributed by atoms with van der Waals surface area (Å²) in [5.74, 6) is -1.10. The van der Waals surface area contributed by atoms with Crippen LogP contribution < -0.4 is 9.64 Å². The van der Waals surface area contributed by atoms with Crippen LogP contribution in [0.3, 0.4) is 0 Å². The number of esters is 1. The molecule has 0 fully saturated rings. The second-order valence-corrected chi connectivity index (χ2v) is 6.15. The van der Waals surface area contributed by atoms with Crippen molar-refractivity contribution in [2.24, 2.45) is 0 Å². The Balaban J connectivity index is 1.53. The highest BCUT2D eigenvalue weighted by Crippen LogP contribution is 2.30. The van der Waals surface area contributed by atoms with E-state index in [-0.39, 0.29) is 5.75 Å². The van der Waals surface area contributed by atoms with Gasteiger partial charge in [0.15, 0.2) is 0 Å². The lowest BCUT2D eigenvalue weighted by Gasteiger charge is -2.14. The number of ether oxygens (including phenoxy) is 1. The van der Waals surface area contributed by atoms with Crippen molar-refractivity contribution in [3.8, 4) is 5.75 Å². The van der Waals surface area contributed by atoms with Crippen LogP contribution in [0.5, 0.6) is 5.75 Å². The highest BCUT2D eigenvalue weighted by Gasteiger charge is 2.36. The van der Waals surface area contributed by atoms with E-state index < -0.39 is 17.8 Å². The third kappa shape index (κ3) is 3.33. The molecule has 0 saturated heterocycles. The Morgan fingerprint density at radius 3 is 2.11 bits per heavy atom. The minimum atomic E-state index is -0.552. The van der Waals surface area contributed by atoms with Gasteiger partial charge in [-0.1, -0.05) is 48.5 Å². The number of nitrogens with zero attached hydrogens (tertiary/aromatic N) is 1. The second kappa shape index (κ2) is 7.32. The van der Waals surface area contributed by atoms with Crippen LogP contribution in [0.2, 0.25) is 0 Å². The monoisotopic (exact) mass is 369 g/mol. The van der Waals surface area contributed by atoms with Gasteiger partial charge in [0.2, 0.25) is 0 Å². The number of imide groups is 1. The van der Waals surface area contributed by atoms with Crippen molar-refractivity contribution < 1.29 is 19.1 Å². The largest absolute Gasteiger partial charge is 0.423 e. The van der Waals surface area contributed by atoms with E-state index in [0.29, 0.717) is 16.8 Å². The standard InChI is InChI=1S/C23H15NO4/c25-21(14-13-16-7-2-1-3-8-16)28-18-10-6-9-17(15-18)24-22(26)19-11-4-5-12-20(19)23(24)27/h1-15H/b14-13+. The molecule has 136 valence electrons. The molecule has 1 aliphatic heterocycles. The molecular weight excluding hydrogens is 354 g/mol. The summed E-state index contributed by atoms with van der Waals surface area (Å²) < 4.78 is 5.31. The first kappa shape index (κ1) is 17.4. The molecule has 0 bridgehead atoms. The summed E-state index contributed by atoms with van der Waals surface area (Å²) in [6.07, 6.45) is 2.97. The zero-order valence-corrected chi connectivity index (χ0v) is 14.7. The summed E-state index contributed by atoms with van der Waals surface area (Å²) in [4.78, 5) is 38.3. The lowest BCUT2D eigenvalue weighted by Crippen LogP contribution is -2.29. The predicted octanol–water partition coefficient (Wildman–Crippen LogP) is 4.11. The van der Waals surface area contributed by atoms with E-state index >= 15 is 0 Å². The molecule has 5 nitrogen and oxygen atoms in total. The van der Waals surface area contributed by atoms with Gasteiger partial charge in [0.25, 0.3) is 11.8 Å². The van der Waals surface area contributed by atoms with Crippen LogP contribution in [0.4, 0.5) is 5.69 Å². The molecule has 5 heteroatoms. The number of carbonyl (C=O) groups is 3. The second-order valence-electron chi connectivity index (χ2n) is 6.15. The normalized spacial score (nSPS) is 13.1. The van der Waals surface area contributed by atoms with Gasteiger partial charge >= 0.3 is 5.97 Å². The molecule has 0 aliphatic carbocycles. The molecule has 3 aromatic carbocycles. The third-order valence-electron chi connectivity index (χ3n) is 4.30. The van der Waals surface area contributed by atoms with Crippen molar-refractivity contribution in [1.29, 1.82) is 0 Å². The predicted molar refractivity (Wildman–Crippen MR) is 105 cm³/mol. The summed E-state index contributed by atoms with van der Waals surface area (Å²) in [5.41, 5.74) is 1.95.